The van der Waals surface area contributed by atoms with E-state index in [0.717, 1.165) is 16.8 Å². The Hall–Kier alpha value is -2.89. The minimum atomic E-state index is -0.547. The van der Waals surface area contributed by atoms with Crippen molar-refractivity contribution in [2.75, 3.05) is 6.54 Å². The number of carbonyl (C=O) groups excluding carboxylic acids is 2. The Morgan fingerprint density at radius 3 is 2.57 bits per heavy atom. The average molecular weight is 440 g/mol. The summed E-state index contributed by atoms with van der Waals surface area (Å²) in [5, 5.41) is 3.76. The Morgan fingerprint density at radius 1 is 1.07 bits per heavy atom. The molecule has 0 saturated carbocycles. The number of hydrogen-bond acceptors (Lipinski definition) is 3. The van der Waals surface area contributed by atoms with Gasteiger partial charge < -0.3 is 10.2 Å². The zero-order valence-electron chi connectivity index (χ0n) is 16.0. The lowest BCUT2D eigenvalue weighted by atomic mass is 10.1. The second-order valence-electron chi connectivity index (χ2n) is 7.12. The van der Waals surface area contributed by atoms with Crippen LogP contribution in [0.25, 0.3) is 11.3 Å². The third-order valence-corrected chi connectivity index (χ3v) is 5.79. The number of hydrogen-bond donors (Lipinski definition) is 1. The molecule has 2 amide bonds. The van der Waals surface area contributed by atoms with Crippen LogP contribution in [-0.2, 0) is 11.3 Å². The molecule has 2 heterocycles. The first-order valence-corrected chi connectivity index (χ1v) is 10.3. The molecule has 0 bridgehead atoms. The molecule has 1 aromatic heterocycles. The highest BCUT2D eigenvalue weighted by Crippen LogP contribution is 2.24. The number of benzene rings is 2. The van der Waals surface area contributed by atoms with Crippen molar-refractivity contribution in [3.8, 4) is 11.3 Å². The summed E-state index contributed by atoms with van der Waals surface area (Å²) in [6.45, 7) is 0.991. The standard InChI is InChI=1S/C23H19Cl2N3O2/c24-18-8-6-15(12-19(18)25)14-28-11-10-21(23(28)30)27-22(29)17-7-9-20(26-13-17)16-4-2-1-3-5-16/h1-9,12-13,21H,10-11,14H2,(H,27,29). The van der Waals surface area contributed by atoms with Crippen LogP contribution in [0.1, 0.15) is 22.3 Å². The first-order chi connectivity index (χ1) is 14.5. The Morgan fingerprint density at radius 2 is 1.87 bits per heavy atom. The second-order valence-corrected chi connectivity index (χ2v) is 7.94. The van der Waals surface area contributed by atoms with Crippen LogP contribution < -0.4 is 5.32 Å². The van der Waals surface area contributed by atoms with Gasteiger partial charge in [0, 0.05) is 24.8 Å². The largest absolute Gasteiger partial charge is 0.340 e. The fourth-order valence-electron chi connectivity index (χ4n) is 3.44. The maximum atomic E-state index is 12.7. The van der Waals surface area contributed by atoms with Crippen LogP contribution in [0.4, 0.5) is 0 Å². The van der Waals surface area contributed by atoms with Gasteiger partial charge in [0.2, 0.25) is 5.91 Å². The van der Waals surface area contributed by atoms with Gasteiger partial charge >= 0.3 is 0 Å². The van der Waals surface area contributed by atoms with Crippen molar-refractivity contribution in [3.63, 3.8) is 0 Å². The van der Waals surface area contributed by atoms with E-state index in [-0.39, 0.29) is 11.8 Å². The van der Waals surface area contributed by atoms with Gasteiger partial charge in [0.1, 0.15) is 6.04 Å². The van der Waals surface area contributed by atoms with Crippen LogP contribution in [0.5, 0.6) is 0 Å². The Kier molecular flexibility index (Phi) is 6.02. The van der Waals surface area contributed by atoms with Crippen molar-refractivity contribution in [1.82, 2.24) is 15.2 Å². The van der Waals surface area contributed by atoms with E-state index in [9.17, 15) is 9.59 Å². The first-order valence-electron chi connectivity index (χ1n) is 9.56. The summed E-state index contributed by atoms with van der Waals surface area (Å²) in [5.41, 5.74) is 3.08. The molecule has 1 aliphatic heterocycles. The number of nitrogens with zero attached hydrogens (tertiary/aromatic N) is 2. The molecule has 3 aromatic rings. The zero-order valence-corrected chi connectivity index (χ0v) is 17.5. The fraction of sp³-hybridized carbons (Fsp3) is 0.174. The molecule has 1 aliphatic rings. The monoisotopic (exact) mass is 439 g/mol. The highest BCUT2D eigenvalue weighted by atomic mass is 35.5. The predicted molar refractivity (Wildman–Crippen MR) is 117 cm³/mol. The van der Waals surface area contributed by atoms with E-state index in [0.29, 0.717) is 35.1 Å². The number of pyridine rings is 1. The second kappa shape index (κ2) is 8.86. The molecule has 4 rings (SSSR count). The summed E-state index contributed by atoms with van der Waals surface area (Å²) in [6, 6.07) is 18.0. The van der Waals surface area contributed by atoms with Crippen LogP contribution in [0.3, 0.4) is 0 Å². The molecule has 5 nitrogen and oxygen atoms in total. The molecule has 30 heavy (non-hydrogen) atoms. The number of halogens is 2. The summed E-state index contributed by atoms with van der Waals surface area (Å²) in [4.78, 5) is 31.4. The number of rotatable bonds is 5. The predicted octanol–water partition coefficient (Wildman–Crippen LogP) is 4.59. The molecular formula is C23H19Cl2N3O2. The van der Waals surface area contributed by atoms with Crippen LogP contribution in [-0.4, -0.2) is 34.3 Å². The van der Waals surface area contributed by atoms with E-state index in [1.807, 2.05) is 36.4 Å². The maximum Gasteiger partial charge on any atom is 0.253 e. The van der Waals surface area contributed by atoms with Crippen LogP contribution >= 0.6 is 23.2 Å². The average Bonchev–Trinajstić information content (AvgIpc) is 3.10. The van der Waals surface area contributed by atoms with Gasteiger partial charge in [0.05, 0.1) is 21.3 Å². The fourth-order valence-corrected chi connectivity index (χ4v) is 3.76. The molecule has 1 atom stereocenters. The highest BCUT2D eigenvalue weighted by molar-refractivity contribution is 6.42. The minimum Gasteiger partial charge on any atom is -0.340 e. The molecule has 7 heteroatoms. The van der Waals surface area contributed by atoms with Crippen molar-refractivity contribution in [1.29, 1.82) is 0 Å². The molecule has 2 aromatic carbocycles. The van der Waals surface area contributed by atoms with Crippen molar-refractivity contribution in [2.45, 2.75) is 19.0 Å². The van der Waals surface area contributed by atoms with Gasteiger partial charge in [0.15, 0.2) is 0 Å². The van der Waals surface area contributed by atoms with Gasteiger partial charge in [0.25, 0.3) is 5.91 Å². The van der Waals surface area contributed by atoms with Gasteiger partial charge in [-0.25, -0.2) is 0 Å². The van der Waals surface area contributed by atoms with Gasteiger partial charge in [-0.15, -0.1) is 0 Å². The quantitative estimate of drug-likeness (QED) is 0.632. The van der Waals surface area contributed by atoms with Crippen molar-refractivity contribution in [3.05, 3.63) is 88.0 Å². The Bertz CT molecular complexity index is 1070. The highest BCUT2D eigenvalue weighted by Gasteiger charge is 2.32. The summed E-state index contributed by atoms with van der Waals surface area (Å²) in [6.07, 6.45) is 2.09. The van der Waals surface area contributed by atoms with E-state index in [2.05, 4.69) is 10.3 Å². The van der Waals surface area contributed by atoms with E-state index in [4.69, 9.17) is 23.2 Å². The lowest BCUT2D eigenvalue weighted by molar-refractivity contribution is -0.129. The van der Waals surface area contributed by atoms with E-state index < -0.39 is 6.04 Å². The van der Waals surface area contributed by atoms with Crippen molar-refractivity contribution >= 4 is 35.0 Å². The van der Waals surface area contributed by atoms with Crippen LogP contribution in [0.15, 0.2) is 66.9 Å². The van der Waals surface area contributed by atoms with Crippen LogP contribution in [0.2, 0.25) is 10.0 Å². The Balaban J connectivity index is 1.38. The SMILES string of the molecule is O=C(NC1CCN(Cc2ccc(Cl)c(Cl)c2)C1=O)c1ccc(-c2ccccc2)nc1. The minimum absolute atomic E-state index is 0.108. The van der Waals surface area contributed by atoms with E-state index in [1.165, 1.54) is 6.20 Å². The summed E-state index contributed by atoms with van der Waals surface area (Å²) < 4.78 is 0. The third kappa shape index (κ3) is 4.48. The topological polar surface area (TPSA) is 62.3 Å². The number of nitrogens with one attached hydrogen (secondary N) is 1. The number of amides is 2. The number of aromatic nitrogens is 1. The van der Waals surface area contributed by atoms with Gasteiger partial charge in [-0.05, 0) is 36.2 Å². The summed E-state index contributed by atoms with van der Waals surface area (Å²) in [5.74, 6) is -0.417. The molecule has 0 spiro atoms. The number of carbonyl (C=O) groups is 2. The smallest absolute Gasteiger partial charge is 0.253 e. The zero-order chi connectivity index (χ0) is 21.1. The third-order valence-electron chi connectivity index (χ3n) is 5.06. The molecule has 152 valence electrons. The van der Waals surface area contributed by atoms with Gasteiger partial charge in [-0.3, -0.25) is 14.6 Å². The van der Waals surface area contributed by atoms with Crippen molar-refractivity contribution in [2.24, 2.45) is 0 Å². The lowest BCUT2D eigenvalue weighted by Gasteiger charge is -2.17. The van der Waals surface area contributed by atoms with Gasteiger partial charge in [-0.1, -0.05) is 59.6 Å². The van der Waals surface area contributed by atoms with E-state index in [1.54, 1.807) is 29.2 Å². The van der Waals surface area contributed by atoms with Crippen LogP contribution in [0, 0.1) is 0 Å². The number of likely N-dealkylation sites (tertiary alicyclic amines) is 1. The maximum absolute atomic E-state index is 12.7. The molecule has 0 radical (unpaired) electrons. The van der Waals surface area contributed by atoms with Crippen molar-refractivity contribution < 1.29 is 9.59 Å². The molecule has 1 unspecified atom stereocenters. The lowest BCUT2D eigenvalue weighted by Crippen LogP contribution is -2.41. The molecule has 1 fully saturated rings. The normalized spacial score (nSPS) is 16.0. The summed E-state index contributed by atoms with van der Waals surface area (Å²) in [7, 11) is 0. The van der Waals surface area contributed by atoms with Gasteiger partial charge in [-0.2, -0.15) is 0 Å². The molecule has 1 saturated heterocycles. The molecular weight excluding hydrogens is 421 g/mol. The summed E-state index contributed by atoms with van der Waals surface area (Å²) >= 11 is 12.0. The molecule has 0 aliphatic carbocycles. The Labute approximate surface area is 184 Å². The first kappa shape index (κ1) is 20.4. The van der Waals surface area contributed by atoms with E-state index >= 15 is 0 Å². The molecule has 1 N–H and O–H groups in total.